The summed E-state index contributed by atoms with van der Waals surface area (Å²) in [4.78, 5) is 29.4. The molecule has 4 rings (SSSR count). The number of hydrogen-bond acceptors (Lipinski definition) is 4. The molecule has 0 spiro atoms. The van der Waals surface area contributed by atoms with Gasteiger partial charge in [-0.3, -0.25) is 13.9 Å². The first kappa shape index (κ1) is 30.5. The number of carbonyl (C=O) groups excluding carboxylic acids is 2. The highest BCUT2D eigenvalue weighted by molar-refractivity contribution is 7.92. The van der Waals surface area contributed by atoms with E-state index in [2.05, 4.69) is 5.32 Å². The number of halogens is 2. The maximum atomic E-state index is 14.1. The molecule has 218 valence electrons. The van der Waals surface area contributed by atoms with E-state index >= 15 is 0 Å². The molecule has 0 radical (unpaired) electrons. The van der Waals surface area contributed by atoms with E-state index in [1.54, 1.807) is 31.2 Å². The van der Waals surface area contributed by atoms with Crippen LogP contribution in [-0.2, 0) is 32.6 Å². The molecule has 0 aromatic heterocycles. The van der Waals surface area contributed by atoms with E-state index in [1.165, 1.54) is 23.1 Å². The lowest BCUT2D eigenvalue weighted by Gasteiger charge is -2.34. The molecule has 1 atom stereocenters. The zero-order chi connectivity index (χ0) is 29.6. The second kappa shape index (κ2) is 13.5. The Kier molecular flexibility index (Phi) is 10.0. The molecule has 1 aliphatic rings. The van der Waals surface area contributed by atoms with Crippen molar-refractivity contribution < 1.29 is 22.4 Å². The van der Waals surface area contributed by atoms with E-state index in [0.717, 1.165) is 41.8 Å². The summed E-state index contributed by atoms with van der Waals surface area (Å²) in [6.45, 7) is 1.18. The van der Waals surface area contributed by atoms with Crippen LogP contribution in [0.3, 0.4) is 0 Å². The molecule has 0 bridgehead atoms. The van der Waals surface area contributed by atoms with Gasteiger partial charge in [0.1, 0.15) is 18.4 Å². The number of hydrogen-bond donors (Lipinski definition) is 1. The third kappa shape index (κ3) is 8.30. The average Bonchev–Trinajstić information content (AvgIpc) is 3.44. The first-order valence-electron chi connectivity index (χ1n) is 13.6. The highest BCUT2D eigenvalue weighted by atomic mass is 35.5. The Labute approximate surface area is 246 Å². The molecule has 0 aliphatic heterocycles. The minimum Gasteiger partial charge on any atom is -0.352 e. The molecule has 7 nitrogen and oxygen atoms in total. The zero-order valence-corrected chi connectivity index (χ0v) is 24.8. The monoisotopic (exact) mass is 599 g/mol. The molecule has 1 N–H and O–H groups in total. The Bertz CT molecular complexity index is 1460. The van der Waals surface area contributed by atoms with Crippen LogP contribution in [0.25, 0.3) is 0 Å². The van der Waals surface area contributed by atoms with Crippen LogP contribution in [0.5, 0.6) is 0 Å². The predicted octanol–water partition coefficient (Wildman–Crippen LogP) is 5.25. The van der Waals surface area contributed by atoms with Gasteiger partial charge in [-0.15, -0.1) is 0 Å². The Morgan fingerprint density at radius 3 is 2.29 bits per heavy atom. The summed E-state index contributed by atoms with van der Waals surface area (Å²) in [5.74, 6) is -1.30. The van der Waals surface area contributed by atoms with Crippen molar-refractivity contribution in [3.8, 4) is 0 Å². The molecule has 0 saturated heterocycles. The molecule has 0 unspecified atom stereocenters. The quantitative estimate of drug-likeness (QED) is 0.326. The fraction of sp³-hybridized carbons (Fsp3) is 0.355. The van der Waals surface area contributed by atoms with Crippen molar-refractivity contribution >= 4 is 39.1 Å². The summed E-state index contributed by atoms with van der Waals surface area (Å²) in [7, 11) is -3.91. The standard InChI is InChI=1S/C31H35ClFN3O4S/c1-22-12-15-25(32)19-28(22)36(41(2,39)40)21-30(37)35(20-24-13-16-26(33)17-14-24)29(18-23-8-4-3-5-9-23)31(38)34-27-10-6-7-11-27/h3-5,8-9,12-17,19,27,29H,6-7,10-11,18,20-21H2,1-2H3,(H,34,38)/t29-/m1/s1. The largest absolute Gasteiger partial charge is 0.352 e. The van der Waals surface area contributed by atoms with Crippen LogP contribution in [0.15, 0.2) is 72.8 Å². The average molecular weight is 600 g/mol. The van der Waals surface area contributed by atoms with Crippen LogP contribution >= 0.6 is 11.6 Å². The number of nitrogens with one attached hydrogen (secondary N) is 1. The molecule has 2 amide bonds. The minimum atomic E-state index is -3.91. The first-order chi connectivity index (χ1) is 19.5. The fourth-order valence-electron chi connectivity index (χ4n) is 5.15. The smallest absolute Gasteiger partial charge is 0.244 e. The Balaban J connectivity index is 1.74. The van der Waals surface area contributed by atoms with E-state index < -0.39 is 34.3 Å². The van der Waals surface area contributed by atoms with E-state index in [4.69, 9.17) is 11.6 Å². The van der Waals surface area contributed by atoms with Crippen LogP contribution in [0.4, 0.5) is 10.1 Å². The Morgan fingerprint density at radius 2 is 1.66 bits per heavy atom. The second-order valence-corrected chi connectivity index (χ2v) is 12.9. The maximum absolute atomic E-state index is 14.1. The lowest BCUT2D eigenvalue weighted by atomic mass is 10.0. The van der Waals surface area contributed by atoms with Crippen molar-refractivity contribution in [3.63, 3.8) is 0 Å². The van der Waals surface area contributed by atoms with Gasteiger partial charge in [-0.2, -0.15) is 0 Å². The van der Waals surface area contributed by atoms with Crippen molar-refractivity contribution in [1.29, 1.82) is 0 Å². The van der Waals surface area contributed by atoms with E-state index in [1.807, 2.05) is 30.3 Å². The van der Waals surface area contributed by atoms with Crippen molar-refractivity contribution in [3.05, 3.63) is 100 Å². The van der Waals surface area contributed by atoms with Gasteiger partial charge in [0.25, 0.3) is 0 Å². The highest BCUT2D eigenvalue weighted by Gasteiger charge is 2.34. The Morgan fingerprint density at radius 1 is 1.00 bits per heavy atom. The predicted molar refractivity (Wildman–Crippen MR) is 160 cm³/mol. The number of carbonyl (C=O) groups is 2. The zero-order valence-electron chi connectivity index (χ0n) is 23.2. The number of anilines is 1. The molecule has 10 heteroatoms. The SMILES string of the molecule is Cc1ccc(Cl)cc1N(CC(=O)N(Cc1ccc(F)cc1)[C@H](Cc1ccccc1)C(=O)NC1CCCC1)S(C)(=O)=O. The summed E-state index contributed by atoms with van der Waals surface area (Å²) in [6, 6.07) is 19.0. The summed E-state index contributed by atoms with van der Waals surface area (Å²) in [6.07, 6.45) is 5.03. The van der Waals surface area contributed by atoms with Crippen LogP contribution in [-0.4, -0.2) is 50.0 Å². The molecule has 41 heavy (non-hydrogen) atoms. The number of nitrogens with zero attached hydrogens (tertiary/aromatic N) is 2. The second-order valence-electron chi connectivity index (χ2n) is 10.5. The number of benzene rings is 3. The minimum absolute atomic E-state index is 0.0131. The molecule has 3 aromatic rings. The maximum Gasteiger partial charge on any atom is 0.244 e. The summed E-state index contributed by atoms with van der Waals surface area (Å²) >= 11 is 6.19. The third-order valence-corrected chi connectivity index (χ3v) is 8.72. The summed E-state index contributed by atoms with van der Waals surface area (Å²) < 4.78 is 40.7. The number of rotatable bonds is 11. The van der Waals surface area contributed by atoms with Crippen molar-refractivity contribution in [1.82, 2.24) is 10.2 Å². The van der Waals surface area contributed by atoms with Gasteiger partial charge in [-0.05, 0) is 60.7 Å². The van der Waals surface area contributed by atoms with Crippen molar-refractivity contribution in [2.45, 2.75) is 57.7 Å². The Hall–Kier alpha value is -3.43. The number of amides is 2. The van der Waals surface area contributed by atoms with Gasteiger partial charge in [0.05, 0.1) is 11.9 Å². The molecule has 1 aliphatic carbocycles. The lowest BCUT2D eigenvalue weighted by molar-refractivity contribution is -0.140. The van der Waals surface area contributed by atoms with Gasteiger partial charge in [-0.25, -0.2) is 12.8 Å². The summed E-state index contributed by atoms with van der Waals surface area (Å²) in [5.41, 5.74) is 2.36. The molecule has 0 heterocycles. The van der Waals surface area contributed by atoms with Gasteiger partial charge in [0.2, 0.25) is 21.8 Å². The van der Waals surface area contributed by atoms with Crippen molar-refractivity contribution in [2.24, 2.45) is 0 Å². The molecule has 1 saturated carbocycles. The van der Waals surface area contributed by atoms with Crippen LogP contribution < -0.4 is 9.62 Å². The van der Waals surface area contributed by atoms with Crippen LogP contribution in [0.2, 0.25) is 5.02 Å². The molecular weight excluding hydrogens is 565 g/mol. The van der Waals surface area contributed by atoms with Crippen LogP contribution in [0.1, 0.15) is 42.4 Å². The van der Waals surface area contributed by atoms with Gasteiger partial charge in [-0.1, -0.05) is 73.0 Å². The highest BCUT2D eigenvalue weighted by Crippen LogP contribution is 2.27. The first-order valence-corrected chi connectivity index (χ1v) is 15.9. The van der Waals surface area contributed by atoms with E-state index in [9.17, 15) is 22.4 Å². The van der Waals surface area contributed by atoms with E-state index in [0.29, 0.717) is 16.1 Å². The fourth-order valence-corrected chi connectivity index (χ4v) is 6.22. The third-order valence-electron chi connectivity index (χ3n) is 7.36. The van der Waals surface area contributed by atoms with Crippen LogP contribution in [0, 0.1) is 12.7 Å². The summed E-state index contributed by atoms with van der Waals surface area (Å²) in [5, 5.41) is 3.45. The van der Waals surface area contributed by atoms with Gasteiger partial charge >= 0.3 is 0 Å². The molecular formula is C31H35ClFN3O4S. The number of sulfonamides is 1. The molecule has 1 fully saturated rings. The van der Waals surface area contributed by atoms with Gasteiger partial charge in [0, 0.05) is 24.0 Å². The number of aryl methyl sites for hydroxylation is 1. The van der Waals surface area contributed by atoms with Gasteiger partial charge < -0.3 is 10.2 Å². The topological polar surface area (TPSA) is 86.8 Å². The van der Waals surface area contributed by atoms with Gasteiger partial charge in [0.15, 0.2) is 0 Å². The normalized spacial score (nSPS) is 14.4. The van der Waals surface area contributed by atoms with E-state index in [-0.39, 0.29) is 30.6 Å². The van der Waals surface area contributed by atoms with Crippen molar-refractivity contribution in [2.75, 3.05) is 17.1 Å². The lowest BCUT2D eigenvalue weighted by Crippen LogP contribution is -2.54. The molecule has 3 aromatic carbocycles.